The first-order valence-electron chi connectivity index (χ1n) is 9.83. The molecule has 1 aliphatic heterocycles. The fourth-order valence-electron chi connectivity index (χ4n) is 3.15. The Labute approximate surface area is 192 Å². The zero-order valence-electron chi connectivity index (χ0n) is 17.0. The van der Waals surface area contributed by atoms with E-state index in [2.05, 4.69) is 20.4 Å². The van der Waals surface area contributed by atoms with E-state index in [1.54, 1.807) is 13.0 Å². The lowest BCUT2D eigenvalue weighted by Crippen LogP contribution is -2.15. The summed E-state index contributed by atoms with van der Waals surface area (Å²) in [6.45, 7) is 2.82. The molecule has 8 nitrogen and oxygen atoms in total. The highest BCUT2D eigenvalue weighted by molar-refractivity contribution is 7.98. The van der Waals surface area contributed by atoms with Crippen LogP contribution in [0.2, 0.25) is 0 Å². The van der Waals surface area contributed by atoms with E-state index in [-0.39, 0.29) is 5.91 Å². The molecule has 0 saturated carbocycles. The van der Waals surface area contributed by atoms with Gasteiger partial charge in [-0.25, -0.2) is 4.98 Å². The third-order valence-corrected chi connectivity index (χ3v) is 6.45. The number of ether oxygens (including phenoxy) is 2. The molecule has 4 aromatic rings. The molecule has 5 rings (SSSR count). The topological polar surface area (TPSA) is 99.4 Å². The highest BCUT2D eigenvalue weighted by atomic mass is 32.2. The number of carbonyl (C=O) groups is 1. The van der Waals surface area contributed by atoms with Gasteiger partial charge in [-0.1, -0.05) is 17.3 Å². The van der Waals surface area contributed by atoms with Gasteiger partial charge in [0.15, 0.2) is 22.5 Å². The zero-order valence-corrected chi connectivity index (χ0v) is 18.7. The largest absolute Gasteiger partial charge is 0.486 e. The smallest absolute Gasteiger partial charge is 0.258 e. The van der Waals surface area contributed by atoms with Gasteiger partial charge in [0.25, 0.3) is 5.91 Å². The summed E-state index contributed by atoms with van der Waals surface area (Å²) in [6, 6.07) is 13.1. The van der Waals surface area contributed by atoms with Crippen LogP contribution in [-0.2, 0) is 5.75 Å². The molecule has 0 saturated heterocycles. The van der Waals surface area contributed by atoms with Crippen LogP contribution in [0.15, 0.2) is 57.3 Å². The van der Waals surface area contributed by atoms with E-state index in [0.717, 1.165) is 21.9 Å². The summed E-state index contributed by atoms with van der Waals surface area (Å²) in [5.41, 5.74) is 2.23. The third-order valence-electron chi connectivity index (χ3n) is 4.62. The van der Waals surface area contributed by atoms with Crippen molar-refractivity contribution in [3.8, 4) is 22.8 Å². The van der Waals surface area contributed by atoms with Crippen LogP contribution >= 0.6 is 23.1 Å². The number of rotatable bonds is 6. The Bertz CT molecular complexity index is 1270. The molecule has 162 valence electrons. The summed E-state index contributed by atoms with van der Waals surface area (Å²) in [6.07, 6.45) is 0. The van der Waals surface area contributed by atoms with Crippen LogP contribution < -0.4 is 14.8 Å². The first-order chi connectivity index (χ1) is 15.7. The number of hydrogen-bond acceptors (Lipinski definition) is 9. The standard InChI is InChI=1S/C22H18N4O4S2/c1-13-23-20(26-30-13)12-31-19-5-3-2-4-15(19)21(27)25-22-24-16(11-32-22)14-6-7-17-18(10-14)29-9-8-28-17/h2-7,10-11H,8-9,12H2,1H3,(H,24,25,27). The van der Waals surface area contributed by atoms with E-state index in [9.17, 15) is 4.79 Å². The molecule has 0 atom stereocenters. The fraction of sp³-hybridized carbons (Fsp3) is 0.182. The number of nitrogens with one attached hydrogen (secondary N) is 1. The van der Waals surface area contributed by atoms with Gasteiger partial charge in [-0.2, -0.15) is 4.98 Å². The van der Waals surface area contributed by atoms with Crippen molar-refractivity contribution >= 4 is 34.1 Å². The molecular weight excluding hydrogens is 448 g/mol. The number of carbonyl (C=O) groups excluding carboxylic acids is 1. The Morgan fingerprint density at radius 1 is 1.12 bits per heavy atom. The van der Waals surface area contributed by atoms with E-state index in [4.69, 9.17) is 14.0 Å². The minimum Gasteiger partial charge on any atom is -0.486 e. The van der Waals surface area contributed by atoms with Crippen molar-refractivity contribution in [2.75, 3.05) is 18.5 Å². The second-order valence-electron chi connectivity index (χ2n) is 6.86. The summed E-state index contributed by atoms with van der Waals surface area (Å²) in [7, 11) is 0. The number of aromatic nitrogens is 3. The highest BCUT2D eigenvalue weighted by Gasteiger charge is 2.17. The maximum absolute atomic E-state index is 12.9. The quantitative estimate of drug-likeness (QED) is 0.404. The molecule has 3 heterocycles. The van der Waals surface area contributed by atoms with Crippen molar-refractivity contribution in [1.82, 2.24) is 15.1 Å². The van der Waals surface area contributed by atoms with E-state index in [1.807, 2.05) is 41.8 Å². The lowest BCUT2D eigenvalue weighted by Gasteiger charge is -2.18. The van der Waals surface area contributed by atoms with Crippen LogP contribution in [-0.4, -0.2) is 34.2 Å². The molecule has 2 aromatic heterocycles. The van der Waals surface area contributed by atoms with Crippen LogP contribution in [0.1, 0.15) is 22.1 Å². The Balaban J connectivity index is 1.29. The number of thiazole rings is 1. The number of hydrogen-bond donors (Lipinski definition) is 1. The van der Waals surface area contributed by atoms with E-state index in [1.165, 1.54) is 23.1 Å². The van der Waals surface area contributed by atoms with E-state index in [0.29, 0.717) is 47.1 Å². The van der Waals surface area contributed by atoms with Gasteiger partial charge < -0.3 is 14.0 Å². The third kappa shape index (κ3) is 4.46. The second kappa shape index (κ2) is 9.01. The zero-order chi connectivity index (χ0) is 21.9. The Hall–Kier alpha value is -3.37. The van der Waals surface area contributed by atoms with Crippen molar-refractivity contribution in [3.63, 3.8) is 0 Å². The van der Waals surface area contributed by atoms with Crippen LogP contribution in [0.25, 0.3) is 11.3 Å². The van der Waals surface area contributed by atoms with Crippen molar-refractivity contribution in [2.45, 2.75) is 17.6 Å². The van der Waals surface area contributed by atoms with E-state index >= 15 is 0 Å². The first kappa shape index (κ1) is 20.5. The SMILES string of the molecule is Cc1nc(CSc2ccccc2C(=O)Nc2nc(-c3ccc4c(c3)OCCO4)cs2)no1. The molecular formula is C22H18N4O4S2. The predicted molar refractivity (Wildman–Crippen MR) is 122 cm³/mol. The first-order valence-corrected chi connectivity index (χ1v) is 11.7. The maximum atomic E-state index is 12.9. The van der Waals surface area contributed by atoms with Gasteiger partial charge in [-0.15, -0.1) is 23.1 Å². The van der Waals surface area contributed by atoms with Crippen molar-refractivity contribution in [3.05, 3.63) is 65.1 Å². The maximum Gasteiger partial charge on any atom is 0.258 e. The molecule has 1 N–H and O–H groups in total. The minimum atomic E-state index is -0.222. The van der Waals surface area contributed by atoms with Gasteiger partial charge in [0.1, 0.15) is 13.2 Å². The molecule has 0 bridgehead atoms. The summed E-state index contributed by atoms with van der Waals surface area (Å²) >= 11 is 2.85. The van der Waals surface area contributed by atoms with Gasteiger partial charge in [0.05, 0.1) is 17.0 Å². The molecule has 0 radical (unpaired) electrons. The summed E-state index contributed by atoms with van der Waals surface area (Å²) < 4.78 is 16.2. The molecule has 32 heavy (non-hydrogen) atoms. The number of benzene rings is 2. The molecule has 0 aliphatic carbocycles. The highest BCUT2D eigenvalue weighted by Crippen LogP contribution is 2.35. The number of nitrogens with zero attached hydrogens (tertiary/aromatic N) is 3. The monoisotopic (exact) mass is 466 g/mol. The molecule has 0 fully saturated rings. The molecule has 1 aliphatic rings. The van der Waals surface area contributed by atoms with Gasteiger partial charge in [0, 0.05) is 22.8 Å². The van der Waals surface area contributed by atoms with Gasteiger partial charge in [-0.05, 0) is 30.3 Å². The molecule has 2 aromatic carbocycles. The van der Waals surface area contributed by atoms with Gasteiger partial charge >= 0.3 is 0 Å². The Morgan fingerprint density at radius 2 is 1.97 bits per heavy atom. The normalized spacial score (nSPS) is 12.5. The number of fused-ring (bicyclic) bond motifs is 1. The number of anilines is 1. The van der Waals surface area contributed by atoms with Gasteiger partial charge in [0.2, 0.25) is 5.89 Å². The molecule has 10 heteroatoms. The average Bonchev–Trinajstić information content (AvgIpc) is 3.46. The van der Waals surface area contributed by atoms with Crippen molar-refractivity contribution in [1.29, 1.82) is 0 Å². The number of amides is 1. The fourth-order valence-corrected chi connectivity index (χ4v) is 4.76. The predicted octanol–water partition coefficient (Wildman–Crippen LogP) is 4.82. The van der Waals surface area contributed by atoms with Gasteiger partial charge in [-0.3, -0.25) is 10.1 Å². The second-order valence-corrected chi connectivity index (χ2v) is 8.74. The van der Waals surface area contributed by atoms with Crippen LogP contribution in [0, 0.1) is 6.92 Å². The van der Waals surface area contributed by atoms with Crippen molar-refractivity contribution in [2.24, 2.45) is 0 Å². The summed E-state index contributed by atoms with van der Waals surface area (Å²) in [5, 5.41) is 9.23. The Morgan fingerprint density at radius 3 is 2.81 bits per heavy atom. The lowest BCUT2D eigenvalue weighted by molar-refractivity contribution is 0.102. The molecule has 0 spiro atoms. The summed E-state index contributed by atoms with van der Waals surface area (Å²) in [5.74, 6) is 2.83. The molecule has 1 amide bonds. The average molecular weight is 467 g/mol. The number of thioether (sulfide) groups is 1. The van der Waals surface area contributed by atoms with Crippen molar-refractivity contribution < 1.29 is 18.8 Å². The summed E-state index contributed by atoms with van der Waals surface area (Å²) in [4.78, 5) is 22.5. The van der Waals surface area contributed by atoms with Crippen LogP contribution in [0.4, 0.5) is 5.13 Å². The van der Waals surface area contributed by atoms with E-state index < -0.39 is 0 Å². The molecule has 0 unspecified atom stereocenters. The minimum absolute atomic E-state index is 0.222. The van der Waals surface area contributed by atoms with Crippen LogP contribution in [0.5, 0.6) is 11.5 Å². The Kier molecular flexibility index (Phi) is 5.78. The van der Waals surface area contributed by atoms with Crippen LogP contribution in [0.3, 0.4) is 0 Å². The lowest BCUT2D eigenvalue weighted by atomic mass is 10.1. The number of aryl methyl sites for hydroxylation is 1.